The van der Waals surface area contributed by atoms with E-state index in [0.717, 1.165) is 25.2 Å². The smallest absolute Gasteiger partial charge is 0.241 e. The highest BCUT2D eigenvalue weighted by molar-refractivity contribution is 5.94. The van der Waals surface area contributed by atoms with E-state index in [1.54, 1.807) is 17.0 Å². The predicted octanol–water partition coefficient (Wildman–Crippen LogP) is 1.47. The van der Waals surface area contributed by atoms with Crippen molar-refractivity contribution in [1.29, 1.82) is 0 Å². The predicted molar refractivity (Wildman–Crippen MR) is 78.3 cm³/mol. The molecule has 4 nitrogen and oxygen atoms in total. The van der Waals surface area contributed by atoms with Crippen molar-refractivity contribution in [2.75, 3.05) is 38.1 Å². The van der Waals surface area contributed by atoms with Crippen molar-refractivity contribution in [3.63, 3.8) is 0 Å². The van der Waals surface area contributed by atoms with Crippen molar-refractivity contribution in [2.24, 2.45) is 0 Å². The molecule has 1 N–H and O–H groups in total. The minimum Gasteiger partial charge on any atom is -0.316 e. The number of hydrogen-bond donors (Lipinski definition) is 1. The van der Waals surface area contributed by atoms with Crippen LogP contribution >= 0.6 is 0 Å². The molecule has 1 saturated heterocycles. The summed E-state index contributed by atoms with van der Waals surface area (Å²) in [5.41, 5.74) is 0.753. The monoisotopic (exact) mass is 279 g/mol. The number of nitrogens with zero attached hydrogens (tertiary/aromatic N) is 2. The third-order valence-corrected chi connectivity index (χ3v) is 3.80. The lowest BCUT2D eigenvalue weighted by molar-refractivity contribution is -0.119. The molecule has 0 bridgehead atoms. The van der Waals surface area contributed by atoms with Crippen molar-refractivity contribution in [1.82, 2.24) is 10.2 Å². The molecule has 1 heterocycles. The number of carbonyl (C=O) groups is 1. The number of likely N-dealkylation sites (N-methyl/N-ethyl adjacent to an activating group) is 2. The molecule has 20 heavy (non-hydrogen) atoms. The van der Waals surface area contributed by atoms with Crippen molar-refractivity contribution in [3.8, 4) is 0 Å². The Hall–Kier alpha value is -1.46. The van der Waals surface area contributed by atoms with E-state index in [1.807, 2.05) is 14.0 Å². The van der Waals surface area contributed by atoms with Gasteiger partial charge in [-0.1, -0.05) is 0 Å². The standard InChI is InChI=1S/C15H22FN3O/c1-3-19(14-6-4-12(16)5-7-14)15(20)11-18-9-8-13(10-18)17-2/h4-7,13,17H,3,8-11H2,1-2H3. The highest BCUT2D eigenvalue weighted by Crippen LogP contribution is 2.16. The fourth-order valence-corrected chi connectivity index (χ4v) is 2.61. The van der Waals surface area contributed by atoms with Crippen LogP contribution in [0.2, 0.25) is 0 Å². The lowest BCUT2D eigenvalue weighted by atomic mass is 10.2. The van der Waals surface area contributed by atoms with Crippen LogP contribution < -0.4 is 10.2 Å². The summed E-state index contributed by atoms with van der Waals surface area (Å²) in [6.07, 6.45) is 1.08. The molecule has 1 aromatic rings. The Balaban J connectivity index is 1.97. The molecule has 0 saturated carbocycles. The van der Waals surface area contributed by atoms with E-state index in [0.29, 0.717) is 19.1 Å². The van der Waals surface area contributed by atoms with Gasteiger partial charge < -0.3 is 10.2 Å². The van der Waals surface area contributed by atoms with E-state index in [-0.39, 0.29) is 11.7 Å². The van der Waals surface area contributed by atoms with Crippen LogP contribution in [0.1, 0.15) is 13.3 Å². The average molecular weight is 279 g/mol. The van der Waals surface area contributed by atoms with E-state index in [1.165, 1.54) is 12.1 Å². The average Bonchev–Trinajstić information content (AvgIpc) is 2.89. The molecule has 1 fully saturated rings. The molecule has 5 heteroatoms. The summed E-state index contributed by atoms with van der Waals surface area (Å²) in [6.45, 7) is 4.79. The minimum atomic E-state index is -0.284. The van der Waals surface area contributed by atoms with E-state index in [2.05, 4.69) is 10.2 Å². The van der Waals surface area contributed by atoms with Gasteiger partial charge in [0.2, 0.25) is 5.91 Å². The maximum Gasteiger partial charge on any atom is 0.241 e. The molecule has 1 unspecified atom stereocenters. The van der Waals surface area contributed by atoms with Gasteiger partial charge in [0.1, 0.15) is 5.82 Å². The Morgan fingerprint density at radius 2 is 2.15 bits per heavy atom. The maximum absolute atomic E-state index is 12.9. The summed E-state index contributed by atoms with van der Waals surface area (Å²) >= 11 is 0. The molecule has 2 rings (SSSR count). The number of likely N-dealkylation sites (tertiary alicyclic amines) is 1. The Bertz CT molecular complexity index is 449. The Labute approximate surface area is 119 Å². The first-order valence-electron chi connectivity index (χ1n) is 7.09. The second-order valence-electron chi connectivity index (χ2n) is 5.12. The highest BCUT2D eigenvalue weighted by Gasteiger charge is 2.24. The molecule has 1 amide bonds. The fourth-order valence-electron chi connectivity index (χ4n) is 2.61. The number of rotatable bonds is 5. The van der Waals surface area contributed by atoms with E-state index >= 15 is 0 Å². The molecule has 1 aliphatic rings. The number of nitrogens with one attached hydrogen (secondary N) is 1. The summed E-state index contributed by atoms with van der Waals surface area (Å²) in [5, 5.41) is 3.24. The van der Waals surface area contributed by atoms with Gasteiger partial charge in [0, 0.05) is 31.4 Å². The molecular weight excluding hydrogens is 257 g/mol. The van der Waals surface area contributed by atoms with Crippen LogP contribution in [0.15, 0.2) is 24.3 Å². The van der Waals surface area contributed by atoms with Gasteiger partial charge in [-0.25, -0.2) is 4.39 Å². The van der Waals surface area contributed by atoms with Gasteiger partial charge in [0.05, 0.1) is 6.54 Å². The van der Waals surface area contributed by atoms with Crippen LogP contribution in [0.3, 0.4) is 0 Å². The zero-order valence-corrected chi connectivity index (χ0v) is 12.1. The number of anilines is 1. The second-order valence-corrected chi connectivity index (χ2v) is 5.12. The van der Waals surface area contributed by atoms with E-state index < -0.39 is 0 Å². The first-order valence-corrected chi connectivity index (χ1v) is 7.09. The van der Waals surface area contributed by atoms with Gasteiger partial charge in [0.25, 0.3) is 0 Å². The number of carbonyl (C=O) groups excluding carboxylic acids is 1. The van der Waals surface area contributed by atoms with Gasteiger partial charge in [0.15, 0.2) is 0 Å². The molecule has 0 radical (unpaired) electrons. The van der Waals surface area contributed by atoms with Crippen LogP contribution in [-0.2, 0) is 4.79 Å². The number of benzene rings is 1. The molecule has 1 aromatic carbocycles. The molecule has 110 valence electrons. The Morgan fingerprint density at radius 3 is 2.70 bits per heavy atom. The summed E-state index contributed by atoms with van der Waals surface area (Å²) in [5.74, 6) is -0.218. The number of hydrogen-bond acceptors (Lipinski definition) is 3. The molecular formula is C15H22FN3O. The summed E-state index contributed by atoms with van der Waals surface area (Å²) in [6, 6.07) is 6.55. The maximum atomic E-state index is 12.9. The third-order valence-electron chi connectivity index (χ3n) is 3.80. The van der Waals surface area contributed by atoms with Gasteiger partial charge in [-0.2, -0.15) is 0 Å². The van der Waals surface area contributed by atoms with Gasteiger partial charge >= 0.3 is 0 Å². The van der Waals surface area contributed by atoms with Crippen LogP contribution in [0.5, 0.6) is 0 Å². The number of halogens is 1. The quantitative estimate of drug-likeness (QED) is 0.886. The SMILES string of the molecule is CCN(C(=O)CN1CCC(NC)C1)c1ccc(F)cc1. The summed E-state index contributed by atoms with van der Waals surface area (Å²) in [4.78, 5) is 16.2. The lowest BCUT2D eigenvalue weighted by Gasteiger charge is -2.24. The van der Waals surface area contributed by atoms with Crippen LogP contribution in [0.4, 0.5) is 10.1 Å². The zero-order valence-electron chi connectivity index (χ0n) is 12.1. The molecule has 0 aliphatic carbocycles. The van der Waals surface area contributed by atoms with Crippen LogP contribution in [-0.4, -0.2) is 50.1 Å². The largest absolute Gasteiger partial charge is 0.316 e. The topological polar surface area (TPSA) is 35.6 Å². The van der Waals surface area contributed by atoms with Crippen LogP contribution in [0, 0.1) is 5.82 Å². The molecule has 1 atom stereocenters. The minimum absolute atomic E-state index is 0.0656. The normalized spacial score (nSPS) is 19.2. The molecule has 0 spiro atoms. The lowest BCUT2D eigenvalue weighted by Crippen LogP contribution is -2.40. The van der Waals surface area contributed by atoms with Gasteiger partial charge in [-0.05, 0) is 44.7 Å². The number of amides is 1. The van der Waals surface area contributed by atoms with Crippen molar-refractivity contribution in [2.45, 2.75) is 19.4 Å². The van der Waals surface area contributed by atoms with Crippen molar-refractivity contribution < 1.29 is 9.18 Å². The van der Waals surface area contributed by atoms with Crippen molar-refractivity contribution >= 4 is 11.6 Å². The Morgan fingerprint density at radius 1 is 1.45 bits per heavy atom. The van der Waals surface area contributed by atoms with Crippen LogP contribution in [0.25, 0.3) is 0 Å². The van der Waals surface area contributed by atoms with Crippen molar-refractivity contribution in [3.05, 3.63) is 30.1 Å². The Kier molecular flexibility index (Phi) is 5.09. The summed E-state index contributed by atoms with van der Waals surface area (Å²) < 4.78 is 12.9. The molecule has 0 aromatic heterocycles. The molecule has 1 aliphatic heterocycles. The zero-order chi connectivity index (χ0) is 14.5. The fraction of sp³-hybridized carbons (Fsp3) is 0.533. The first-order chi connectivity index (χ1) is 9.63. The van der Waals surface area contributed by atoms with Gasteiger partial charge in [-0.15, -0.1) is 0 Å². The van der Waals surface area contributed by atoms with E-state index in [4.69, 9.17) is 0 Å². The summed E-state index contributed by atoms with van der Waals surface area (Å²) in [7, 11) is 1.95. The van der Waals surface area contributed by atoms with Gasteiger partial charge in [-0.3, -0.25) is 9.69 Å². The highest BCUT2D eigenvalue weighted by atomic mass is 19.1. The third kappa shape index (κ3) is 3.55. The first kappa shape index (κ1) is 14.9. The van der Waals surface area contributed by atoms with E-state index in [9.17, 15) is 9.18 Å². The second kappa shape index (κ2) is 6.81.